The Morgan fingerprint density at radius 2 is 2.00 bits per heavy atom. The number of methoxy groups -OCH3 is 1. The second-order valence-electron chi connectivity index (χ2n) is 4.63. The average Bonchev–Trinajstić information content (AvgIpc) is 2.44. The summed E-state index contributed by atoms with van der Waals surface area (Å²) in [5, 5.41) is 3.07. The molecule has 5 nitrogen and oxygen atoms in total. The Hall–Kier alpha value is -0.950. The van der Waals surface area contributed by atoms with Crippen LogP contribution in [0.2, 0.25) is 0 Å². The normalized spacial score (nSPS) is 12.1. The van der Waals surface area contributed by atoms with Crippen LogP contribution in [0.25, 0.3) is 0 Å². The van der Waals surface area contributed by atoms with Crippen LogP contribution in [0, 0.1) is 0 Å². The molecule has 20 heavy (non-hydrogen) atoms. The molecule has 1 rings (SSSR count). The van der Waals surface area contributed by atoms with Crippen LogP contribution in [0.5, 0.6) is 0 Å². The third-order valence-corrected chi connectivity index (χ3v) is 5.10. The summed E-state index contributed by atoms with van der Waals surface area (Å²) < 4.78 is 31.1. The molecule has 1 aromatic rings. The van der Waals surface area contributed by atoms with Gasteiger partial charge in [-0.15, -0.1) is 0 Å². The quantitative estimate of drug-likeness (QED) is 0.784. The van der Waals surface area contributed by atoms with E-state index < -0.39 is 10.0 Å². The molecule has 1 N–H and O–H groups in total. The summed E-state index contributed by atoms with van der Waals surface area (Å²) in [6, 6.07) is 5.33. The molecule has 0 amide bonds. The van der Waals surface area contributed by atoms with Crippen molar-refractivity contribution in [3.05, 3.63) is 29.3 Å². The summed E-state index contributed by atoms with van der Waals surface area (Å²) in [6.45, 7) is 3.45. The van der Waals surface area contributed by atoms with Gasteiger partial charge in [0.25, 0.3) is 0 Å². The van der Waals surface area contributed by atoms with E-state index >= 15 is 0 Å². The number of nitrogens with one attached hydrogen (secondary N) is 1. The van der Waals surface area contributed by atoms with Crippen molar-refractivity contribution < 1.29 is 13.2 Å². The summed E-state index contributed by atoms with van der Waals surface area (Å²) in [6.07, 6.45) is 0.886. The van der Waals surface area contributed by atoms with Gasteiger partial charge in [0, 0.05) is 27.2 Å². The van der Waals surface area contributed by atoms with Gasteiger partial charge in [-0.05, 0) is 36.7 Å². The second-order valence-corrected chi connectivity index (χ2v) is 6.68. The number of hydrogen-bond acceptors (Lipinski definition) is 4. The highest BCUT2D eigenvalue weighted by atomic mass is 32.2. The van der Waals surface area contributed by atoms with Gasteiger partial charge >= 0.3 is 0 Å². The lowest BCUT2D eigenvalue weighted by Gasteiger charge is -2.18. The predicted molar refractivity (Wildman–Crippen MR) is 80.3 cm³/mol. The van der Waals surface area contributed by atoms with Gasteiger partial charge in [0.2, 0.25) is 10.0 Å². The Bertz CT molecular complexity index is 529. The Morgan fingerprint density at radius 1 is 1.30 bits per heavy atom. The zero-order valence-electron chi connectivity index (χ0n) is 12.6. The standard InChI is InChI=1S/C14H24N2O3S/c1-5-12-6-7-14(10-13(12)11-15-2)20(17,18)16(3)8-9-19-4/h6-7,10,15H,5,8-9,11H2,1-4H3. The summed E-state index contributed by atoms with van der Waals surface area (Å²) in [4.78, 5) is 0.332. The molecular formula is C14H24N2O3S. The average molecular weight is 300 g/mol. The van der Waals surface area contributed by atoms with Gasteiger partial charge in [-0.3, -0.25) is 0 Å². The molecule has 0 aliphatic heterocycles. The molecule has 0 heterocycles. The Labute approximate surface area is 122 Å². The SMILES string of the molecule is CCc1ccc(S(=O)(=O)N(C)CCOC)cc1CNC. The lowest BCUT2D eigenvalue weighted by Crippen LogP contribution is -2.30. The van der Waals surface area contributed by atoms with Crippen LogP contribution in [-0.2, 0) is 27.7 Å². The second kappa shape index (κ2) is 7.73. The van der Waals surface area contributed by atoms with E-state index in [1.54, 1.807) is 26.3 Å². The summed E-state index contributed by atoms with van der Waals surface area (Å²) in [5.74, 6) is 0. The molecular weight excluding hydrogens is 276 g/mol. The van der Waals surface area contributed by atoms with E-state index in [1.165, 1.54) is 4.31 Å². The molecule has 0 aromatic heterocycles. The maximum absolute atomic E-state index is 12.4. The first-order valence-electron chi connectivity index (χ1n) is 6.69. The van der Waals surface area contributed by atoms with Crippen molar-refractivity contribution in [3.8, 4) is 0 Å². The topological polar surface area (TPSA) is 58.6 Å². The molecule has 0 aliphatic rings. The first-order valence-corrected chi connectivity index (χ1v) is 8.13. The van der Waals surface area contributed by atoms with Crippen molar-refractivity contribution in [2.75, 3.05) is 34.4 Å². The number of likely N-dealkylation sites (N-methyl/N-ethyl adjacent to an activating group) is 1. The van der Waals surface area contributed by atoms with Gasteiger partial charge in [-0.2, -0.15) is 4.31 Å². The van der Waals surface area contributed by atoms with Gasteiger partial charge in [0.15, 0.2) is 0 Å². The summed E-state index contributed by atoms with van der Waals surface area (Å²) >= 11 is 0. The van der Waals surface area contributed by atoms with Crippen molar-refractivity contribution >= 4 is 10.0 Å². The van der Waals surface area contributed by atoms with Gasteiger partial charge in [0.05, 0.1) is 11.5 Å². The van der Waals surface area contributed by atoms with E-state index in [0.29, 0.717) is 24.6 Å². The minimum atomic E-state index is -3.45. The van der Waals surface area contributed by atoms with Crippen LogP contribution in [0.1, 0.15) is 18.1 Å². The molecule has 114 valence electrons. The molecule has 0 bridgehead atoms. The molecule has 0 fully saturated rings. The molecule has 0 saturated heterocycles. The van der Waals surface area contributed by atoms with Gasteiger partial charge < -0.3 is 10.1 Å². The Balaban J connectivity index is 3.09. The van der Waals surface area contributed by atoms with E-state index in [2.05, 4.69) is 12.2 Å². The molecule has 1 aromatic carbocycles. The number of benzene rings is 1. The fraction of sp³-hybridized carbons (Fsp3) is 0.571. The fourth-order valence-electron chi connectivity index (χ4n) is 1.98. The zero-order valence-corrected chi connectivity index (χ0v) is 13.5. The van der Waals surface area contributed by atoms with E-state index in [1.807, 2.05) is 13.1 Å². The first-order chi connectivity index (χ1) is 9.47. The van der Waals surface area contributed by atoms with E-state index in [4.69, 9.17) is 4.74 Å². The fourth-order valence-corrected chi connectivity index (χ4v) is 3.19. The molecule has 0 saturated carbocycles. The van der Waals surface area contributed by atoms with E-state index in [9.17, 15) is 8.42 Å². The highest BCUT2D eigenvalue weighted by Gasteiger charge is 2.21. The van der Waals surface area contributed by atoms with Crippen molar-refractivity contribution in [2.45, 2.75) is 24.8 Å². The monoisotopic (exact) mass is 300 g/mol. The van der Waals surface area contributed by atoms with Gasteiger partial charge in [-0.1, -0.05) is 13.0 Å². The number of aryl methyl sites for hydroxylation is 1. The number of sulfonamides is 1. The molecule has 0 aliphatic carbocycles. The smallest absolute Gasteiger partial charge is 0.242 e. The largest absolute Gasteiger partial charge is 0.383 e. The Morgan fingerprint density at radius 3 is 2.55 bits per heavy atom. The minimum absolute atomic E-state index is 0.332. The summed E-state index contributed by atoms with van der Waals surface area (Å²) in [5.41, 5.74) is 2.19. The molecule has 6 heteroatoms. The molecule has 0 atom stereocenters. The van der Waals surface area contributed by atoms with Crippen LogP contribution in [0.3, 0.4) is 0 Å². The maximum atomic E-state index is 12.4. The highest BCUT2D eigenvalue weighted by Crippen LogP contribution is 2.19. The first kappa shape index (κ1) is 17.1. The molecule has 0 spiro atoms. The molecule has 0 unspecified atom stereocenters. The summed E-state index contributed by atoms with van der Waals surface area (Å²) in [7, 11) is 1.53. The minimum Gasteiger partial charge on any atom is -0.383 e. The van der Waals surface area contributed by atoms with Crippen LogP contribution in [-0.4, -0.2) is 47.1 Å². The van der Waals surface area contributed by atoms with Crippen molar-refractivity contribution in [1.82, 2.24) is 9.62 Å². The van der Waals surface area contributed by atoms with E-state index in [-0.39, 0.29) is 0 Å². The van der Waals surface area contributed by atoms with Crippen molar-refractivity contribution in [1.29, 1.82) is 0 Å². The number of nitrogens with zero attached hydrogens (tertiary/aromatic N) is 1. The highest BCUT2D eigenvalue weighted by molar-refractivity contribution is 7.89. The number of hydrogen-bond donors (Lipinski definition) is 1. The number of ether oxygens (including phenoxy) is 1. The lowest BCUT2D eigenvalue weighted by atomic mass is 10.1. The lowest BCUT2D eigenvalue weighted by molar-refractivity contribution is 0.185. The number of rotatable bonds is 8. The third-order valence-electron chi connectivity index (χ3n) is 3.24. The zero-order chi connectivity index (χ0) is 15.2. The van der Waals surface area contributed by atoms with Gasteiger partial charge in [0.1, 0.15) is 0 Å². The van der Waals surface area contributed by atoms with Crippen LogP contribution >= 0.6 is 0 Å². The van der Waals surface area contributed by atoms with Crippen molar-refractivity contribution in [2.24, 2.45) is 0 Å². The Kier molecular flexibility index (Phi) is 6.61. The molecule has 0 radical (unpaired) electrons. The van der Waals surface area contributed by atoms with Crippen LogP contribution in [0.4, 0.5) is 0 Å². The van der Waals surface area contributed by atoms with Crippen LogP contribution < -0.4 is 5.32 Å². The third kappa shape index (κ3) is 4.02. The maximum Gasteiger partial charge on any atom is 0.242 e. The van der Waals surface area contributed by atoms with Gasteiger partial charge in [-0.25, -0.2) is 8.42 Å². The van der Waals surface area contributed by atoms with Crippen LogP contribution in [0.15, 0.2) is 23.1 Å². The van der Waals surface area contributed by atoms with Crippen molar-refractivity contribution in [3.63, 3.8) is 0 Å². The predicted octanol–water partition coefficient (Wildman–Crippen LogP) is 1.24. The van der Waals surface area contributed by atoms with E-state index in [0.717, 1.165) is 17.5 Å².